The molecule has 0 saturated heterocycles. The summed E-state index contributed by atoms with van der Waals surface area (Å²) in [5, 5.41) is 9.47. The minimum atomic E-state index is -0.363. The number of hydrogen-bond donors (Lipinski definition) is 1. The molecule has 2 aromatic carbocycles. The van der Waals surface area contributed by atoms with Crippen molar-refractivity contribution in [2.45, 2.75) is 32.8 Å². The number of aromatic hydroxyl groups is 1. The zero-order valence-corrected chi connectivity index (χ0v) is 14.7. The third-order valence-corrected chi connectivity index (χ3v) is 4.35. The van der Waals surface area contributed by atoms with E-state index < -0.39 is 0 Å². The van der Waals surface area contributed by atoms with Gasteiger partial charge in [0.2, 0.25) is 0 Å². The van der Waals surface area contributed by atoms with Gasteiger partial charge >= 0.3 is 0 Å². The molecule has 4 heteroatoms. The number of Topliss-reactive ketones (excluding diaryl/α,β-unsaturated/α-hetero) is 1. The molecule has 2 aromatic rings. The Labute approximate surface area is 147 Å². The monoisotopic (exact) mass is 338 g/mol. The fourth-order valence-electron chi connectivity index (χ4n) is 2.99. The van der Waals surface area contributed by atoms with Crippen LogP contribution in [0.25, 0.3) is 0 Å². The van der Waals surface area contributed by atoms with Crippen LogP contribution in [0.5, 0.6) is 17.2 Å². The van der Waals surface area contributed by atoms with Crippen LogP contribution >= 0.6 is 0 Å². The Morgan fingerprint density at radius 1 is 1.24 bits per heavy atom. The standard InChI is InChI=1S/C21H22O4/c1-13(2)4-9-17-19(24-3)11-10-16-18(23)12-20(25-21(16)17)14-5-7-15(22)8-6-14/h4-8,10-11,20,22H,9,12H2,1-3H3. The summed E-state index contributed by atoms with van der Waals surface area (Å²) >= 11 is 0. The third-order valence-electron chi connectivity index (χ3n) is 4.35. The SMILES string of the molecule is COc1ccc2c(c1CC=C(C)C)OC(c1ccc(O)cc1)CC2=O. The summed E-state index contributed by atoms with van der Waals surface area (Å²) in [4.78, 5) is 12.6. The fourth-order valence-corrected chi connectivity index (χ4v) is 2.99. The number of phenols is 1. The van der Waals surface area contributed by atoms with Gasteiger partial charge in [0, 0.05) is 5.56 Å². The molecule has 25 heavy (non-hydrogen) atoms. The minimum absolute atomic E-state index is 0.0560. The van der Waals surface area contributed by atoms with Crippen LogP contribution in [-0.2, 0) is 6.42 Å². The predicted molar refractivity (Wildman–Crippen MR) is 96.6 cm³/mol. The lowest BCUT2D eigenvalue weighted by Gasteiger charge is -2.28. The van der Waals surface area contributed by atoms with Crippen LogP contribution in [0.4, 0.5) is 0 Å². The van der Waals surface area contributed by atoms with Crippen molar-refractivity contribution in [2.24, 2.45) is 0 Å². The molecule has 1 heterocycles. The Kier molecular flexibility index (Phi) is 4.79. The number of fused-ring (bicyclic) bond motifs is 1. The van der Waals surface area contributed by atoms with Crippen LogP contribution < -0.4 is 9.47 Å². The first kappa shape index (κ1) is 17.1. The zero-order chi connectivity index (χ0) is 18.0. The topological polar surface area (TPSA) is 55.8 Å². The second kappa shape index (κ2) is 7.01. The van der Waals surface area contributed by atoms with Gasteiger partial charge in [-0.1, -0.05) is 23.8 Å². The molecular formula is C21H22O4. The van der Waals surface area contributed by atoms with Crippen molar-refractivity contribution >= 4 is 5.78 Å². The van der Waals surface area contributed by atoms with Gasteiger partial charge in [-0.25, -0.2) is 0 Å². The Hall–Kier alpha value is -2.75. The number of hydrogen-bond acceptors (Lipinski definition) is 4. The number of benzene rings is 2. The molecule has 0 spiro atoms. The molecule has 3 rings (SSSR count). The van der Waals surface area contributed by atoms with E-state index in [-0.39, 0.29) is 24.1 Å². The van der Waals surface area contributed by atoms with E-state index in [1.807, 2.05) is 19.9 Å². The molecular weight excluding hydrogens is 316 g/mol. The molecule has 0 saturated carbocycles. The van der Waals surface area contributed by atoms with Gasteiger partial charge in [-0.2, -0.15) is 0 Å². The molecule has 1 aliphatic heterocycles. The Bertz CT molecular complexity index is 815. The Balaban J connectivity index is 2.03. The van der Waals surface area contributed by atoms with Crippen LogP contribution in [0.3, 0.4) is 0 Å². The zero-order valence-electron chi connectivity index (χ0n) is 14.7. The molecule has 0 aliphatic carbocycles. The largest absolute Gasteiger partial charge is 0.508 e. The van der Waals surface area contributed by atoms with E-state index in [0.717, 1.165) is 16.9 Å². The lowest BCUT2D eigenvalue weighted by molar-refractivity contribution is 0.0847. The normalized spacial score (nSPS) is 16.0. The minimum Gasteiger partial charge on any atom is -0.508 e. The first-order valence-corrected chi connectivity index (χ1v) is 8.31. The third kappa shape index (κ3) is 3.53. The van der Waals surface area contributed by atoms with Gasteiger partial charge in [-0.15, -0.1) is 0 Å². The number of carbonyl (C=O) groups is 1. The maximum absolute atomic E-state index is 12.6. The van der Waals surface area contributed by atoms with Crippen molar-refractivity contribution < 1.29 is 19.4 Å². The van der Waals surface area contributed by atoms with Gasteiger partial charge in [-0.05, 0) is 50.1 Å². The summed E-state index contributed by atoms with van der Waals surface area (Å²) in [7, 11) is 1.62. The first-order chi connectivity index (χ1) is 12.0. The molecule has 1 unspecified atom stereocenters. The first-order valence-electron chi connectivity index (χ1n) is 8.31. The van der Waals surface area contributed by atoms with Crippen molar-refractivity contribution in [3.63, 3.8) is 0 Å². The molecule has 130 valence electrons. The van der Waals surface area contributed by atoms with E-state index in [0.29, 0.717) is 17.7 Å². The molecule has 0 bridgehead atoms. The molecule has 0 aromatic heterocycles. The summed E-state index contributed by atoms with van der Waals surface area (Å²) in [5.41, 5.74) is 3.55. The van der Waals surface area contributed by atoms with Crippen LogP contribution in [0, 0.1) is 0 Å². The molecule has 1 N–H and O–H groups in total. The summed E-state index contributed by atoms with van der Waals surface area (Å²) in [6, 6.07) is 10.4. The van der Waals surface area contributed by atoms with Gasteiger partial charge in [0.1, 0.15) is 23.4 Å². The van der Waals surface area contributed by atoms with Crippen LogP contribution in [0.15, 0.2) is 48.0 Å². The van der Waals surface area contributed by atoms with E-state index in [2.05, 4.69) is 6.08 Å². The highest BCUT2D eigenvalue weighted by atomic mass is 16.5. The summed E-state index contributed by atoms with van der Waals surface area (Å²) in [6.45, 7) is 4.07. The molecule has 1 aliphatic rings. The van der Waals surface area contributed by atoms with Crippen molar-refractivity contribution in [1.29, 1.82) is 0 Å². The van der Waals surface area contributed by atoms with Crippen LogP contribution in [0.1, 0.15) is 47.9 Å². The maximum Gasteiger partial charge on any atom is 0.170 e. The average Bonchev–Trinajstić information content (AvgIpc) is 2.60. The molecule has 4 nitrogen and oxygen atoms in total. The van der Waals surface area contributed by atoms with Crippen molar-refractivity contribution in [3.8, 4) is 17.2 Å². The lowest BCUT2D eigenvalue weighted by Crippen LogP contribution is -2.21. The number of allylic oxidation sites excluding steroid dienone is 2. The predicted octanol–water partition coefficient (Wildman–Crippen LogP) is 4.62. The van der Waals surface area contributed by atoms with E-state index in [4.69, 9.17) is 9.47 Å². The van der Waals surface area contributed by atoms with E-state index >= 15 is 0 Å². The highest BCUT2D eigenvalue weighted by Gasteiger charge is 2.30. The van der Waals surface area contributed by atoms with Crippen LogP contribution in [-0.4, -0.2) is 18.0 Å². The highest BCUT2D eigenvalue weighted by Crippen LogP contribution is 2.41. The number of ether oxygens (including phenoxy) is 2. The molecule has 0 fully saturated rings. The number of ketones is 1. The average molecular weight is 338 g/mol. The molecule has 0 amide bonds. The Morgan fingerprint density at radius 3 is 2.60 bits per heavy atom. The van der Waals surface area contributed by atoms with Crippen molar-refractivity contribution in [3.05, 3.63) is 64.7 Å². The number of phenolic OH excluding ortho intramolecular Hbond substituents is 1. The smallest absolute Gasteiger partial charge is 0.170 e. The summed E-state index contributed by atoms with van der Waals surface area (Å²) in [5.74, 6) is 1.57. The van der Waals surface area contributed by atoms with E-state index in [1.54, 1.807) is 37.4 Å². The van der Waals surface area contributed by atoms with Crippen LogP contribution in [0.2, 0.25) is 0 Å². The van der Waals surface area contributed by atoms with Gasteiger partial charge in [0.05, 0.1) is 19.1 Å². The van der Waals surface area contributed by atoms with Gasteiger partial charge in [0.15, 0.2) is 5.78 Å². The Morgan fingerprint density at radius 2 is 1.96 bits per heavy atom. The van der Waals surface area contributed by atoms with Gasteiger partial charge < -0.3 is 14.6 Å². The van der Waals surface area contributed by atoms with Gasteiger partial charge in [0.25, 0.3) is 0 Å². The second-order valence-electron chi connectivity index (χ2n) is 6.43. The lowest BCUT2D eigenvalue weighted by atomic mass is 9.93. The van der Waals surface area contributed by atoms with Crippen molar-refractivity contribution in [2.75, 3.05) is 7.11 Å². The summed E-state index contributed by atoms with van der Waals surface area (Å²) in [6.07, 6.45) is 2.66. The number of methoxy groups -OCH3 is 1. The van der Waals surface area contributed by atoms with E-state index in [1.165, 1.54) is 5.57 Å². The maximum atomic E-state index is 12.6. The summed E-state index contributed by atoms with van der Waals surface area (Å²) < 4.78 is 11.7. The van der Waals surface area contributed by atoms with Gasteiger partial charge in [-0.3, -0.25) is 4.79 Å². The number of rotatable bonds is 4. The highest BCUT2D eigenvalue weighted by molar-refractivity contribution is 6.00. The number of carbonyl (C=O) groups excluding carboxylic acids is 1. The fraction of sp³-hybridized carbons (Fsp3) is 0.286. The molecule has 0 radical (unpaired) electrons. The molecule has 1 atom stereocenters. The van der Waals surface area contributed by atoms with Crippen molar-refractivity contribution in [1.82, 2.24) is 0 Å². The second-order valence-corrected chi connectivity index (χ2v) is 6.43. The quantitative estimate of drug-likeness (QED) is 0.827. The van der Waals surface area contributed by atoms with E-state index in [9.17, 15) is 9.90 Å².